The van der Waals surface area contributed by atoms with Crippen LogP contribution in [0.2, 0.25) is 5.02 Å². The second-order valence-electron chi connectivity index (χ2n) is 5.42. The smallest absolute Gasteiger partial charge is 0.240 e. The third-order valence-electron chi connectivity index (χ3n) is 3.97. The van der Waals surface area contributed by atoms with Gasteiger partial charge in [0.2, 0.25) is 10.0 Å². The van der Waals surface area contributed by atoms with E-state index in [4.69, 9.17) is 17.3 Å². The number of nitrogens with one attached hydrogen (secondary N) is 1. The lowest BCUT2D eigenvalue weighted by atomic mass is 9.85. The van der Waals surface area contributed by atoms with Crippen LogP contribution in [0.15, 0.2) is 23.1 Å². The summed E-state index contributed by atoms with van der Waals surface area (Å²) in [5.41, 5.74) is 6.60. The van der Waals surface area contributed by atoms with Crippen LogP contribution in [0, 0.1) is 12.8 Å². The molecule has 0 heterocycles. The molecule has 3 N–H and O–H groups in total. The Labute approximate surface area is 137 Å². The number of sulfonamides is 1. The van der Waals surface area contributed by atoms with E-state index in [0.29, 0.717) is 11.6 Å². The Morgan fingerprint density at radius 2 is 2.00 bits per heavy atom. The van der Waals surface area contributed by atoms with Crippen molar-refractivity contribution in [1.29, 1.82) is 0 Å². The quantitative estimate of drug-likeness (QED) is 0.874. The van der Waals surface area contributed by atoms with Crippen LogP contribution in [0.5, 0.6) is 0 Å². The van der Waals surface area contributed by atoms with Gasteiger partial charge >= 0.3 is 0 Å². The zero-order valence-electron chi connectivity index (χ0n) is 12.0. The zero-order chi connectivity index (χ0) is 14.8. The van der Waals surface area contributed by atoms with Crippen LogP contribution >= 0.6 is 24.0 Å². The van der Waals surface area contributed by atoms with Crippen molar-refractivity contribution < 1.29 is 8.42 Å². The van der Waals surface area contributed by atoms with Gasteiger partial charge in [-0.2, -0.15) is 0 Å². The first-order chi connectivity index (χ1) is 9.44. The molecule has 0 saturated heterocycles. The standard InChI is InChI=1S/C14H21ClN2O2S.ClH/c1-10-6-7-12(8-13(10)15)20(18,19)17-14-5-3-2-4-11(14)9-16;/h6-8,11,14,17H,2-5,9,16H2,1H3;1H. The van der Waals surface area contributed by atoms with E-state index in [1.165, 1.54) is 6.07 Å². The highest BCUT2D eigenvalue weighted by atomic mass is 35.5. The monoisotopic (exact) mass is 352 g/mol. The molecule has 0 amide bonds. The second-order valence-corrected chi connectivity index (χ2v) is 7.54. The molecule has 7 heteroatoms. The molecular weight excluding hydrogens is 331 g/mol. The molecule has 120 valence electrons. The minimum atomic E-state index is -3.53. The number of hydrogen-bond donors (Lipinski definition) is 2. The molecule has 0 radical (unpaired) electrons. The predicted molar refractivity (Wildman–Crippen MR) is 88.6 cm³/mol. The number of aryl methyl sites for hydroxylation is 1. The fourth-order valence-electron chi connectivity index (χ4n) is 2.65. The molecule has 0 bridgehead atoms. The number of rotatable bonds is 4. The van der Waals surface area contributed by atoms with E-state index in [9.17, 15) is 8.42 Å². The van der Waals surface area contributed by atoms with Crippen LogP contribution < -0.4 is 10.5 Å². The van der Waals surface area contributed by atoms with Gasteiger partial charge in [-0.25, -0.2) is 13.1 Å². The molecule has 1 aliphatic carbocycles. The first kappa shape index (κ1) is 18.7. The van der Waals surface area contributed by atoms with Gasteiger partial charge in [-0.15, -0.1) is 12.4 Å². The van der Waals surface area contributed by atoms with Crippen molar-refractivity contribution in [2.24, 2.45) is 11.7 Å². The van der Waals surface area contributed by atoms with Crippen LogP contribution in [0.25, 0.3) is 0 Å². The van der Waals surface area contributed by atoms with E-state index in [1.807, 2.05) is 6.92 Å². The fraction of sp³-hybridized carbons (Fsp3) is 0.571. The summed E-state index contributed by atoms with van der Waals surface area (Å²) in [7, 11) is -3.53. The predicted octanol–water partition coefficient (Wildman–Crippen LogP) is 2.87. The largest absolute Gasteiger partial charge is 0.330 e. The maximum Gasteiger partial charge on any atom is 0.240 e. The SMILES string of the molecule is Cc1ccc(S(=O)(=O)NC2CCCCC2CN)cc1Cl.Cl. The number of halogens is 2. The summed E-state index contributed by atoms with van der Waals surface area (Å²) in [6.45, 7) is 2.36. The van der Waals surface area contributed by atoms with Crippen LogP contribution in [0.3, 0.4) is 0 Å². The molecule has 1 aromatic rings. The molecule has 0 aromatic heterocycles. The van der Waals surface area contributed by atoms with Crippen LogP contribution in [0.4, 0.5) is 0 Å². The summed E-state index contributed by atoms with van der Waals surface area (Å²) < 4.78 is 27.6. The first-order valence-electron chi connectivity index (χ1n) is 6.92. The molecule has 2 atom stereocenters. The topological polar surface area (TPSA) is 72.2 Å². The van der Waals surface area contributed by atoms with Gasteiger partial charge in [0.05, 0.1) is 4.90 Å². The Kier molecular flexibility index (Phi) is 6.94. The Balaban J connectivity index is 0.00000220. The Morgan fingerprint density at radius 3 is 2.62 bits per heavy atom. The van der Waals surface area contributed by atoms with E-state index in [0.717, 1.165) is 31.2 Å². The van der Waals surface area contributed by atoms with Gasteiger partial charge in [0.25, 0.3) is 0 Å². The molecule has 21 heavy (non-hydrogen) atoms. The van der Waals surface area contributed by atoms with E-state index < -0.39 is 10.0 Å². The highest BCUT2D eigenvalue weighted by molar-refractivity contribution is 7.89. The normalized spacial score (nSPS) is 22.6. The number of benzene rings is 1. The van der Waals surface area contributed by atoms with Crippen molar-refractivity contribution in [3.8, 4) is 0 Å². The number of hydrogen-bond acceptors (Lipinski definition) is 3. The van der Waals surface area contributed by atoms with Gasteiger partial charge in [0.1, 0.15) is 0 Å². The zero-order valence-corrected chi connectivity index (χ0v) is 14.4. The van der Waals surface area contributed by atoms with Gasteiger partial charge in [-0.1, -0.05) is 30.5 Å². The Hall–Kier alpha value is -0.330. The molecule has 1 aromatic carbocycles. The maximum absolute atomic E-state index is 12.4. The lowest BCUT2D eigenvalue weighted by molar-refractivity contribution is 0.296. The van der Waals surface area contributed by atoms with Crippen LogP contribution in [-0.4, -0.2) is 21.0 Å². The molecule has 1 saturated carbocycles. The van der Waals surface area contributed by atoms with Crippen molar-refractivity contribution in [3.63, 3.8) is 0 Å². The van der Waals surface area contributed by atoms with Crippen LogP contribution in [-0.2, 0) is 10.0 Å². The minimum absolute atomic E-state index is 0. The van der Waals surface area contributed by atoms with Crippen molar-refractivity contribution >= 4 is 34.0 Å². The molecule has 1 fully saturated rings. The van der Waals surface area contributed by atoms with Gasteiger partial charge in [-0.3, -0.25) is 0 Å². The summed E-state index contributed by atoms with van der Waals surface area (Å²) in [4.78, 5) is 0.217. The maximum atomic E-state index is 12.4. The Bertz CT molecular complexity index is 578. The van der Waals surface area contributed by atoms with E-state index >= 15 is 0 Å². The van der Waals surface area contributed by atoms with E-state index in [-0.39, 0.29) is 29.3 Å². The lowest BCUT2D eigenvalue weighted by Crippen LogP contribution is -2.44. The Morgan fingerprint density at radius 1 is 1.33 bits per heavy atom. The molecule has 0 aliphatic heterocycles. The third-order valence-corrected chi connectivity index (χ3v) is 5.87. The summed E-state index contributed by atoms with van der Waals surface area (Å²) >= 11 is 6.01. The van der Waals surface area contributed by atoms with Gasteiger partial charge < -0.3 is 5.73 Å². The average molecular weight is 353 g/mol. The van der Waals surface area contributed by atoms with Crippen molar-refractivity contribution in [2.75, 3.05) is 6.54 Å². The highest BCUT2D eigenvalue weighted by Crippen LogP contribution is 2.26. The number of nitrogens with two attached hydrogens (primary N) is 1. The summed E-state index contributed by atoms with van der Waals surface area (Å²) in [6.07, 6.45) is 3.99. The van der Waals surface area contributed by atoms with Crippen molar-refractivity contribution in [1.82, 2.24) is 4.72 Å². The van der Waals surface area contributed by atoms with Crippen LogP contribution in [0.1, 0.15) is 31.2 Å². The molecular formula is C14H22Cl2N2O2S. The second kappa shape index (κ2) is 7.79. The van der Waals surface area contributed by atoms with Gasteiger partial charge in [0.15, 0.2) is 0 Å². The lowest BCUT2D eigenvalue weighted by Gasteiger charge is -2.31. The summed E-state index contributed by atoms with van der Waals surface area (Å²) in [6, 6.07) is 4.74. The average Bonchev–Trinajstić information content (AvgIpc) is 2.42. The van der Waals surface area contributed by atoms with E-state index in [2.05, 4.69) is 4.72 Å². The molecule has 1 aliphatic rings. The molecule has 4 nitrogen and oxygen atoms in total. The summed E-state index contributed by atoms with van der Waals surface area (Å²) in [5, 5.41) is 0.465. The van der Waals surface area contributed by atoms with Crippen molar-refractivity contribution in [3.05, 3.63) is 28.8 Å². The third kappa shape index (κ3) is 4.57. The molecule has 2 unspecified atom stereocenters. The van der Waals surface area contributed by atoms with Gasteiger partial charge in [-0.05, 0) is 49.9 Å². The van der Waals surface area contributed by atoms with Crippen molar-refractivity contribution in [2.45, 2.75) is 43.5 Å². The van der Waals surface area contributed by atoms with E-state index in [1.54, 1.807) is 12.1 Å². The van der Waals surface area contributed by atoms with Gasteiger partial charge in [0, 0.05) is 11.1 Å². The fourth-order valence-corrected chi connectivity index (χ4v) is 4.26. The molecule has 0 spiro atoms. The summed E-state index contributed by atoms with van der Waals surface area (Å²) in [5.74, 6) is 0.222. The first-order valence-corrected chi connectivity index (χ1v) is 8.78. The minimum Gasteiger partial charge on any atom is -0.330 e. The molecule has 2 rings (SSSR count). The highest BCUT2D eigenvalue weighted by Gasteiger charge is 2.28.